The summed E-state index contributed by atoms with van der Waals surface area (Å²) in [5.74, 6) is -3.59. The number of amides is 5. The Morgan fingerprint density at radius 2 is 1.72 bits per heavy atom. The first kappa shape index (κ1) is 35.3. The molecule has 0 radical (unpaired) electrons. The molecule has 1 fully saturated rings. The van der Waals surface area contributed by atoms with Gasteiger partial charge in [0.2, 0.25) is 17.6 Å². The quantitative estimate of drug-likeness (QED) is 0.205. The normalized spacial score (nSPS) is 18.5. The van der Waals surface area contributed by atoms with Crippen molar-refractivity contribution >= 4 is 35.5 Å². The number of ether oxygens (including phenoxy) is 1. The Morgan fingerprint density at radius 1 is 1.07 bits per heavy atom. The number of carbonyl (C=O) groups is 6. The number of nitrogens with two attached hydrogens (primary N) is 1. The summed E-state index contributed by atoms with van der Waals surface area (Å²) in [5, 5.41) is 7.83. The number of rotatable bonds is 12. The van der Waals surface area contributed by atoms with Gasteiger partial charge in [-0.05, 0) is 47.6 Å². The van der Waals surface area contributed by atoms with Gasteiger partial charge in [-0.25, -0.2) is 9.59 Å². The van der Waals surface area contributed by atoms with Gasteiger partial charge in [-0.1, -0.05) is 55.4 Å². The van der Waals surface area contributed by atoms with Crippen molar-refractivity contribution in [3.8, 4) is 0 Å². The van der Waals surface area contributed by atoms with Gasteiger partial charge < -0.3 is 35.7 Å². The number of furan rings is 1. The maximum Gasteiger partial charge on any atom is 0.329 e. The summed E-state index contributed by atoms with van der Waals surface area (Å²) in [6.07, 6.45) is 2.26. The first-order chi connectivity index (χ1) is 19.8. The summed E-state index contributed by atoms with van der Waals surface area (Å²) in [4.78, 5) is 77.8. The third-order valence-corrected chi connectivity index (χ3v) is 7.28. The predicted molar refractivity (Wildman–Crippen MR) is 157 cm³/mol. The second-order valence-electron chi connectivity index (χ2n) is 13.6. The Morgan fingerprint density at radius 3 is 2.23 bits per heavy atom. The molecular formula is C30H47N5O8. The number of hydrogen-bond donors (Lipinski definition) is 4. The van der Waals surface area contributed by atoms with E-state index in [0.717, 1.165) is 0 Å². The second-order valence-corrected chi connectivity index (χ2v) is 13.6. The minimum Gasteiger partial charge on any atom is -0.466 e. The number of hydrogen-bond acceptors (Lipinski definition) is 8. The molecule has 13 nitrogen and oxygen atoms in total. The number of likely N-dealkylation sites (tertiary alicyclic amines) is 1. The molecule has 5 N–H and O–H groups in total. The van der Waals surface area contributed by atoms with Crippen LogP contribution in [0.4, 0.5) is 4.79 Å². The summed E-state index contributed by atoms with van der Waals surface area (Å²) in [6, 6.07) is -0.418. The van der Waals surface area contributed by atoms with E-state index in [0.29, 0.717) is 12.2 Å². The van der Waals surface area contributed by atoms with Crippen molar-refractivity contribution in [2.24, 2.45) is 28.4 Å². The molecule has 13 heteroatoms. The number of urea groups is 1. The predicted octanol–water partition coefficient (Wildman–Crippen LogP) is 1.89. The number of esters is 1. The molecule has 43 heavy (non-hydrogen) atoms. The molecule has 1 aromatic rings. The van der Waals surface area contributed by atoms with Crippen LogP contribution in [0.2, 0.25) is 0 Å². The molecule has 0 unspecified atom stereocenters. The van der Waals surface area contributed by atoms with Gasteiger partial charge in [-0.3, -0.25) is 19.2 Å². The van der Waals surface area contributed by atoms with Crippen LogP contribution in [0.1, 0.15) is 74.0 Å². The highest BCUT2D eigenvalue weighted by atomic mass is 16.5. The van der Waals surface area contributed by atoms with Gasteiger partial charge in [0.15, 0.2) is 0 Å². The fourth-order valence-electron chi connectivity index (χ4n) is 5.05. The van der Waals surface area contributed by atoms with Gasteiger partial charge in [0.05, 0.1) is 12.8 Å². The van der Waals surface area contributed by atoms with E-state index in [1.54, 1.807) is 32.9 Å². The van der Waals surface area contributed by atoms with E-state index in [2.05, 4.69) is 16.0 Å². The van der Waals surface area contributed by atoms with E-state index in [-0.39, 0.29) is 36.8 Å². The lowest BCUT2D eigenvalue weighted by Crippen LogP contribution is -2.61. The SMILES string of the molecule is CC(C)[C@H]1CCN(C(=O)[C@@H](NC(=O)N[C@@H](CC(C)(C)C)C(=O)OCc2ccco2)C(C)(C)C)[C@@H]1C(=O)NCC(=O)C(N)=O. The third kappa shape index (κ3) is 10.4. The molecule has 2 heterocycles. The van der Waals surface area contributed by atoms with Crippen molar-refractivity contribution in [2.75, 3.05) is 13.1 Å². The van der Waals surface area contributed by atoms with Gasteiger partial charge in [-0.2, -0.15) is 0 Å². The standard InChI is InChI=1S/C30H47N5O8/c1-17(2)19-11-12-35(22(19)25(38)32-15-21(36)24(31)37)26(39)23(30(6,7)8)34-28(41)33-20(14-29(3,4)5)27(40)43-16-18-10-9-13-42-18/h9-10,13,17,19-20,22-23H,11-12,14-16H2,1-8H3,(H2,31,37)(H,32,38)(H2,33,34,41)/t19-,20+,22+,23-/m1/s1. The van der Waals surface area contributed by atoms with Crippen LogP contribution in [-0.4, -0.2) is 71.6 Å². The highest BCUT2D eigenvalue weighted by molar-refractivity contribution is 6.36. The molecule has 1 aliphatic rings. The molecule has 1 saturated heterocycles. The zero-order valence-electron chi connectivity index (χ0n) is 26.4. The van der Waals surface area contributed by atoms with Gasteiger partial charge in [0.1, 0.15) is 30.5 Å². The minimum absolute atomic E-state index is 0.0232. The molecule has 0 aromatic carbocycles. The Hall–Kier alpha value is -3.90. The van der Waals surface area contributed by atoms with Crippen molar-refractivity contribution in [1.29, 1.82) is 0 Å². The molecule has 1 aromatic heterocycles. The number of primary amides is 1. The van der Waals surface area contributed by atoms with Crippen LogP contribution in [0.5, 0.6) is 0 Å². The summed E-state index contributed by atoms with van der Waals surface area (Å²) in [5.41, 5.74) is 3.87. The lowest BCUT2D eigenvalue weighted by molar-refractivity contribution is -0.148. The lowest BCUT2D eigenvalue weighted by Gasteiger charge is -2.37. The fourth-order valence-corrected chi connectivity index (χ4v) is 5.05. The average Bonchev–Trinajstić information content (AvgIpc) is 3.57. The van der Waals surface area contributed by atoms with Gasteiger partial charge in [0.25, 0.3) is 5.91 Å². The molecular weight excluding hydrogens is 558 g/mol. The topological polar surface area (TPSA) is 190 Å². The van der Waals surface area contributed by atoms with Crippen molar-refractivity contribution < 1.29 is 37.9 Å². The molecule has 0 bridgehead atoms. The van der Waals surface area contributed by atoms with Crippen LogP contribution in [-0.2, 0) is 35.3 Å². The number of carbonyl (C=O) groups excluding carboxylic acids is 6. The van der Waals surface area contributed by atoms with Crippen molar-refractivity contribution in [2.45, 2.75) is 93.0 Å². The molecule has 240 valence electrons. The zero-order valence-corrected chi connectivity index (χ0v) is 26.4. The van der Waals surface area contributed by atoms with E-state index in [9.17, 15) is 28.8 Å². The molecule has 1 aliphatic heterocycles. The fraction of sp³-hybridized carbons (Fsp3) is 0.667. The van der Waals surface area contributed by atoms with Gasteiger partial charge in [0, 0.05) is 6.54 Å². The molecule has 0 saturated carbocycles. The Bertz CT molecular complexity index is 1170. The van der Waals surface area contributed by atoms with E-state index in [4.69, 9.17) is 14.9 Å². The van der Waals surface area contributed by atoms with Crippen LogP contribution in [0.15, 0.2) is 22.8 Å². The van der Waals surface area contributed by atoms with E-state index in [1.165, 1.54) is 11.2 Å². The van der Waals surface area contributed by atoms with E-state index in [1.807, 2.05) is 34.6 Å². The summed E-state index contributed by atoms with van der Waals surface area (Å²) in [7, 11) is 0. The van der Waals surface area contributed by atoms with Crippen molar-refractivity contribution in [3.05, 3.63) is 24.2 Å². The van der Waals surface area contributed by atoms with E-state index < -0.39 is 65.6 Å². The second kappa shape index (κ2) is 14.5. The van der Waals surface area contributed by atoms with Gasteiger partial charge >= 0.3 is 12.0 Å². The summed E-state index contributed by atoms with van der Waals surface area (Å²) >= 11 is 0. The monoisotopic (exact) mass is 605 g/mol. The largest absolute Gasteiger partial charge is 0.466 e. The highest BCUT2D eigenvalue weighted by Crippen LogP contribution is 2.33. The summed E-state index contributed by atoms with van der Waals surface area (Å²) < 4.78 is 10.6. The molecule has 2 rings (SSSR count). The lowest BCUT2D eigenvalue weighted by atomic mass is 9.84. The van der Waals surface area contributed by atoms with E-state index >= 15 is 0 Å². The first-order valence-corrected chi connectivity index (χ1v) is 14.5. The minimum atomic E-state index is -1.17. The first-order valence-electron chi connectivity index (χ1n) is 14.5. The molecule has 0 aliphatic carbocycles. The third-order valence-electron chi connectivity index (χ3n) is 7.28. The Kier molecular flexibility index (Phi) is 11.9. The van der Waals surface area contributed by atoms with Crippen LogP contribution >= 0.6 is 0 Å². The smallest absolute Gasteiger partial charge is 0.329 e. The number of Topliss-reactive ketones (excluding diaryl/α,β-unsaturated/α-hetero) is 1. The average molecular weight is 606 g/mol. The molecule has 4 atom stereocenters. The zero-order chi connectivity index (χ0) is 32.7. The van der Waals surface area contributed by atoms with Crippen LogP contribution in [0.25, 0.3) is 0 Å². The maximum absolute atomic E-state index is 14.0. The number of nitrogens with zero attached hydrogens (tertiary/aromatic N) is 1. The molecule has 0 spiro atoms. The highest BCUT2D eigenvalue weighted by Gasteiger charge is 2.47. The maximum atomic E-state index is 14.0. The van der Waals surface area contributed by atoms with Crippen LogP contribution < -0.4 is 21.7 Å². The van der Waals surface area contributed by atoms with Crippen LogP contribution in [0.3, 0.4) is 0 Å². The van der Waals surface area contributed by atoms with Gasteiger partial charge in [-0.15, -0.1) is 0 Å². The summed E-state index contributed by atoms with van der Waals surface area (Å²) in [6.45, 7) is 14.5. The van der Waals surface area contributed by atoms with Crippen LogP contribution in [0, 0.1) is 22.7 Å². The van der Waals surface area contributed by atoms with Crippen molar-refractivity contribution in [1.82, 2.24) is 20.9 Å². The Balaban J connectivity index is 2.24. The number of nitrogens with one attached hydrogen (secondary N) is 3. The number of ketones is 1. The van der Waals surface area contributed by atoms with Crippen molar-refractivity contribution in [3.63, 3.8) is 0 Å². The molecule has 5 amide bonds. The Labute approximate surface area is 253 Å².